The first kappa shape index (κ1) is 28.6. The topological polar surface area (TPSA) is 60.0 Å². The number of hydroxylamine groups is 1. The molecule has 0 amide bonds. The van der Waals surface area contributed by atoms with Gasteiger partial charge in [-0.3, -0.25) is 4.90 Å². The molecule has 0 atom stereocenters. The van der Waals surface area contributed by atoms with E-state index >= 15 is 0 Å². The van der Waals surface area contributed by atoms with Crippen LogP contribution in [0.1, 0.15) is 45.5 Å². The van der Waals surface area contributed by atoms with Crippen LogP contribution in [0.25, 0.3) is 0 Å². The molecule has 0 radical (unpaired) electrons. The number of halogens is 1. The Hall–Kier alpha value is -1.97. The molecule has 1 aromatic heterocycles. The van der Waals surface area contributed by atoms with Crippen LogP contribution in [0, 0.1) is 12.8 Å². The highest BCUT2D eigenvalue weighted by molar-refractivity contribution is 6.32. The van der Waals surface area contributed by atoms with Crippen molar-refractivity contribution in [2.75, 3.05) is 69.4 Å². The number of aryl methyl sites for hydroxylation is 1. The summed E-state index contributed by atoms with van der Waals surface area (Å²) in [5.74, 6) is 1.58. The third kappa shape index (κ3) is 9.16. The quantitative estimate of drug-likeness (QED) is 0.361. The molecule has 1 aliphatic heterocycles. The second-order valence-electron chi connectivity index (χ2n) is 9.94. The summed E-state index contributed by atoms with van der Waals surface area (Å²) in [6.45, 7) is 21.4. The van der Waals surface area contributed by atoms with Crippen molar-refractivity contribution in [2.24, 2.45) is 5.92 Å². The lowest BCUT2D eigenvalue weighted by molar-refractivity contribution is 0.122. The van der Waals surface area contributed by atoms with Gasteiger partial charge in [0.2, 0.25) is 0 Å². The Morgan fingerprint density at radius 3 is 2.53 bits per heavy atom. The number of piperazine rings is 1. The van der Waals surface area contributed by atoms with Crippen molar-refractivity contribution in [2.45, 2.75) is 47.6 Å². The lowest BCUT2D eigenvalue weighted by Crippen LogP contribution is -2.46. The summed E-state index contributed by atoms with van der Waals surface area (Å²) in [4.78, 5) is 22.3. The van der Waals surface area contributed by atoms with Gasteiger partial charge in [0.05, 0.1) is 18.4 Å². The predicted molar refractivity (Wildman–Crippen MR) is 149 cm³/mol. The molecule has 0 unspecified atom stereocenters. The van der Waals surface area contributed by atoms with Crippen molar-refractivity contribution in [3.05, 3.63) is 46.9 Å². The SMILES string of the molecule is CCN(CC)CCCN1CCN(Cc2cccc(NON(CC(C)C)c3nc(C)ncc3Cl)c2)CC1. The van der Waals surface area contributed by atoms with Gasteiger partial charge in [-0.05, 0) is 63.1 Å². The molecule has 2 aromatic rings. The molecule has 2 heterocycles. The van der Waals surface area contributed by atoms with Crippen LogP contribution in [0.3, 0.4) is 0 Å². The number of hydrogen-bond acceptors (Lipinski definition) is 8. The second kappa shape index (κ2) is 14.7. The monoisotopic (exact) mass is 517 g/mol. The zero-order valence-corrected chi connectivity index (χ0v) is 23.5. The van der Waals surface area contributed by atoms with Crippen LogP contribution in [0.15, 0.2) is 30.5 Å². The molecule has 0 aliphatic carbocycles. The summed E-state index contributed by atoms with van der Waals surface area (Å²) in [5, 5.41) is 2.16. The summed E-state index contributed by atoms with van der Waals surface area (Å²) in [7, 11) is 0. The Morgan fingerprint density at radius 2 is 1.83 bits per heavy atom. The van der Waals surface area contributed by atoms with Crippen molar-refractivity contribution < 1.29 is 4.94 Å². The molecule has 1 aromatic carbocycles. The molecule has 1 aliphatic rings. The minimum absolute atomic E-state index is 0.361. The van der Waals surface area contributed by atoms with Gasteiger partial charge in [-0.2, -0.15) is 4.94 Å². The van der Waals surface area contributed by atoms with E-state index in [1.54, 1.807) is 11.3 Å². The molecule has 1 fully saturated rings. The maximum atomic E-state index is 6.37. The van der Waals surface area contributed by atoms with E-state index in [2.05, 4.69) is 76.0 Å². The highest BCUT2D eigenvalue weighted by atomic mass is 35.5. The number of benzene rings is 1. The lowest BCUT2D eigenvalue weighted by Gasteiger charge is -2.35. The zero-order valence-electron chi connectivity index (χ0n) is 22.7. The molecule has 0 spiro atoms. The Morgan fingerprint density at radius 1 is 1.11 bits per heavy atom. The molecular formula is C27H44ClN7O. The highest BCUT2D eigenvalue weighted by Crippen LogP contribution is 2.24. The summed E-state index contributed by atoms with van der Waals surface area (Å²) in [6.07, 6.45) is 2.87. The van der Waals surface area contributed by atoms with Gasteiger partial charge in [-0.25, -0.2) is 20.5 Å². The Kier molecular flexibility index (Phi) is 11.7. The Bertz CT molecular complexity index is 917. The third-order valence-corrected chi connectivity index (χ3v) is 6.79. The van der Waals surface area contributed by atoms with E-state index in [4.69, 9.17) is 16.5 Å². The molecule has 1 saturated heterocycles. The number of nitrogens with one attached hydrogen (secondary N) is 1. The van der Waals surface area contributed by atoms with Gasteiger partial charge >= 0.3 is 0 Å². The fourth-order valence-corrected chi connectivity index (χ4v) is 4.63. The number of anilines is 2. The summed E-state index contributed by atoms with van der Waals surface area (Å²) in [5.41, 5.74) is 5.27. The van der Waals surface area contributed by atoms with Crippen LogP contribution in [-0.2, 0) is 11.5 Å². The molecule has 1 N–H and O–H groups in total. The fraction of sp³-hybridized carbons (Fsp3) is 0.630. The van der Waals surface area contributed by atoms with Crippen LogP contribution in [-0.4, -0.2) is 83.6 Å². The highest BCUT2D eigenvalue weighted by Gasteiger charge is 2.18. The maximum absolute atomic E-state index is 6.37. The number of aromatic nitrogens is 2. The first-order valence-electron chi connectivity index (χ1n) is 13.3. The van der Waals surface area contributed by atoms with Crippen molar-refractivity contribution in [1.29, 1.82) is 0 Å². The molecule has 3 rings (SSSR count). The van der Waals surface area contributed by atoms with E-state index in [0.717, 1.165) is 51.5 Å². The standard InChI is InChI=1S/C27H44ClN7O/c1-6-32(7-2)12-9-13-33-14-16-34(17-15-33)21-24-10-8-11-25(18-24)31-36-35(20-22(3)4)27-26(28)19-29-23(5)30-27/h8,10-11,18-19,22,31H,6-7,9,12-17,20-21H2,1-5H3. The normalized spacial score (nSPS) is 15.1. The van der Waals surface area contributed by atoms with Crippen molar-refractivity contribution in [3.8, 4) is 0 Å². The summed E-state index contributed by atoms with van der Waals surface area (Å²) >= 11 is 6.37. The van der Waals surface area contributed by atoms with E-state index in [0.29, 0.717) is 29.1 Å². The zero-order chi connectivity index (χ0) is 25.9. The number of nitrogens with zero attached hydrogens (tertiary/aromatic N) is 6. The van der Waals surface area contributed by atoms with Gasteiger partial charge in [-0.1, -0.05) is 51.4 Å². The molecule has 0 bridgehead atoms. The average molecular weight is 518 g/mol. The van der Waals surface area contributed by atoms with Crippen LogP contribution in [0.5, 0.6) is 0 Å². The smallest absolute Gasteiger partial charge is 0.177 e. The van der Waals surface area contributed by atoms with Gasteiger partial charge in [0.15, 0.2) is 5.82 Å². The molecule has 9 heteroatoms. The minimum atomic E-state index is 0.361. The van der Waals surface area contributed by atoms with Crippen molar-refractivity contribution >= 4 is 23.1 Å². The predicted octanol–water partition coefficient (Wildman–Crippen LogP) is 4.71. The summed E-state index contributed by atoms with van der Waals surface area (Å²) < 4.78 is 0. The lowest BCUT2D eigenvalue weighted by atomic mass is 10.1. The van der Waals surface area contributed by atoms with Gasteiger partial charge < -0.3 is 9.80 Å². The van der Waals surface area contributed by atoms with Crippen LogP contribution in [0.4, 0.5) is 11.5 Å². The number of rotatable bonds is 14. The van der Waals surface area contributed by atoms with Gasteiger partial charge in [0, 0.05) is 32.7 Å². The third-order valence-electron chi connectivity index (χ3n) is 6.53. The fourth-order valence-electron chi connectivity index (χ4n) is 4.44. The minimum Gasteiger partial charge on any atom is -0.304 e. The van der Waals surface area contributed by atoms with Gasteiger partial charge in [0.25, 0.3) is 0 Å². The van der Waals surface area contributed by atoms with Crippen LogP contribution >= 0.6 is 11.6 Å². The number of hydrogen-bond donors (Lipinski definition) is 1. The molecular weight excluding hydrogens is 474 g/mol. The van der Waals surface area contributed by atoms with E-state index in [-0.39, 0.29) is 0 Å². The van der Waals surface area contributed by atoms with Gasteiger partial charge in [0.1, 0.15) is 10.8 Å². The van der Waals surface area contributed by atoms with Crippen molar-refractivity contribution in [3.63, 3.8) is 0 Å². The molecule has 8 nitrogen and oxygen atoms in total. The van der Waals surface area contributed by atoms with Crippen molar-refractivity contribution in [1.82, 2.24) is 24.7 Å². The van der Waals surface area contributed by atoms with Crippen LogP contribution < -0.4 is 10.5 Å². The largest absolute Gasteiger partial charge is 0.304 e. The molecule has 0 saturated carbocycles. The Balaban J connectivity index is 1.49. The summed E-state index contributed by atoms with van der Waals surface area (Å²) in [6, 6.07) is 8.41. The van der Waals surface area contributed by atoms with E-state index in [9.17, 15) is 0 Å². The van der Waals surface area contributed by atoms with E-state index in [1.807, 2.05) is 13.0 Å². The average Bonchev–Trinajstić information content (AvgIpc) is 2.87. The van der Waals surface area contributed by atoms with E-state index < -0.39 is 0 Å². The van der Waals surface area contributed by atoms with Gasteiger partial charge in [-0.15, -0.1) is 0 Å². The first-order chi connectivity index (χ1) is 17.4. The van der Waals surface area contributed by atoms with E-state index in [1.165, 1.54) is 25.1 Å². The first-order valence-corrected chi connectivity index (χ1v) is 13.7. The van der Waals surface area contributed by atoms with Crippen LogP contribution in [0.2, 0.25) is 5.02 Å². The Labute approximate surface area is 222 Å². The molecule has 36 heavy (non-hydrogen) atoms. The molecule has 200 valence electrons. The second-order valence-corrected chi connectivity index (χ2v) is 10.3. The maximum Gasteiger partial charge on any atom is 0.177 e.